The van der Waals surface area contributed by atoms with E-state index in [4.69, 9.17) is 11.6 Å². The monoisotopic (exact) mass is 459 g/mol. The van der Waals surface area contributed by atoms with Crippen LogP contribution in [0.15, 0.2) is 41.8 Å². The predicted molar refractivity (Wildman–Crippen MR) is 120 cm³/mol. The zero-order valence-corrected chi connectivity index (χ0v) is 18.4. The normalized spacial score (nSPS) is 11.4. The molecule has 2 aromatic rings. The van der Waals surface area contributed by atoms with Gasteiger partial charge in [0, 0.05) is 41.9 Å². The van der Waals surface area contributed by atoms with Crippen LogP contribution in [0, 0.1) is 10.1 Å². The Labute approximate surface area is 182 Å². The number of rotatable bonds is 14. The van der Waals surface area contributed by atoms with Crippen molar-refractivity contribution in [3.63, 3.8) is 0 Å². The number of aromatic nitrogens is 2. The van der Waals surface area contributed by atoms with Gasteiger partial charge in [-0.15, -0.1) is 0 Å². The van der Waals surface area contributed by atoms with E-state index in [-0.39, 0.29) is 0 Å². The molecule has 0 unspecified atom stereocenters. The first-order valence-electron chi connectivity index (χ1n) is 8.62. The third-order valence-electron chi connectivity index (χ3n) is 3.43. The molecular weight excluding hydrogens is 438 g/mol. The highest BCUT2D eigenvalue weighted by molar-refractivity contribution is 7.99. The van der Waals surface area contributed by atoms with E-state index in [1.165, 1.54) is 11.5 Å². The maximum absolute atomic E-state index is 10.8. The van der Waals surface area contributed by atoms with Crippen LogP contribution >= 0.6 is 46.7 Å². The minimum Gasteiger partial charge on any atom is -0.366 e. The molecule has 0 aromatic carbocycles. The Morgan fingerprint density at radius 2 is 2.04 bits per heavy atom. The summed E-state index contributed by atoms with van der Waals surface area (Å²) in [6, 6.07) is 5.65. The maximum Gasteiger partial charge on any atom is 0.274 e. The minimum absolute atomic E-state index is 0.432. The van der Waals surface area contributed by atoms with E-state index >= 15 is 0 Å². The lowest BCUT2D eigenvalue weighted by molar-refractivity contribution is -0.404. The fourth-order valence-corrected chi connectivity index (χ4v) is 4.57. The zero-order valence-electron chi connectivity index (χ0n) is 15.2. The summed E-state index contributed by atoms with van der Waals surface area (Å²) >= 11 is 11.0. The second-order valence-corrected chi connectivity index (χ2v) is 8.92. The summed E-state index contributed by atoms with van der Waals surface area (Å²) < 4.78 is 4.27. The molecule has 11 heteroatoms. The largest absolute Gasteiger partial charge is 0.366 e. The number of pyridine rings is 1. The molecule has 2 heterocycles. The Balaban J connectivity index is 1.59. The van der Waals surface area contributed by atoms with Gasteiger partial charge in [-0.2, -0.15) is 27.9 Å². The average Bonchev–Trinajstić information content (AvgIpc) is 3.18. The molecule has 2 N–H and O–H groups in total. The Hall–Kier alpha value is -1.49. The Morgan fingerprint density at radius 1 is 1.25 bits per heavy atom. The number of nitrogens with one attached hydrogen (secondary N) is 2. The van der Waals surface area contributed by atoms with Crippen LogP contribution < -0.4 is 10.6 Å². The summed E-state index contributed by atoms with van der Waals surface area (Å²) in [4.78, 5) is 14.6. The third kappa shape index (κ3) is 9.63. The van der Waals surface area contributed by atoms with Gasteiger partial charge in [0.15, 0.2) is 5.82 Å². The fourth-order valence-electron chi connectivity index (χ4n) is 2.11. The van der Waals surface area contributed by atoms with Gasteiger partial charge in [0.2, 0.25) is 0 Å². The highest BCUT2D eigenvalue weighted by atomic mass is 35.5. The van der Waals surface area contributed by atoms with Crippen molar-refractivity contribution in [1.82, 2.24) is 20.0 Å². The zero-order chi connectivity index (χ0) is 20.0. The second kappa shape index (κ2) is 13.6. The highest BCUT2D eigenvalue weighted by Gasteiger charge is 2.04. The molecule has 0 aliphatic rings. The first-order valence-corrected chi connectivity index (χ1v) is 12.1. The van der Waals surface area contributed by atoms with Crippen molar-refractivity contribution >= 4 is 46.7 Å². The Bertz CT molecular complexity index is 746. The van der Waals surface area contributed by atoms with Crippen molar-refractivity contribution in [3.8, 4) is 0 Å². The first kappa shape index (κ1) is 22.8. The van der Waals surface area contributed by atoms with Gasteiger partial charge >= 0.3 is 0 Å². The average molecular weight is 460 g/mol. The predicted octanol–water partition coefficient (Wildman–Crippen LogP) is 3.66. The van der Waals surface area contributed by atoms with Gasteiger partial charge in [-0.3, -0.25) is 15.1 Å². The van der Waals surface area contributed by atoms with Crippen LogP contribution in [0.3, 0.4) is 0 Å². The highest BCUT2D eigenvalue weighted by Crippen LogP contribution is 2.18. The third-order valence-corrected chi connectivity index (χ3v) is 6.32. The van der Waals surface area contributed by atoms with Crippen LogP contribution in [0.25, 0.3) is 0 Å². The van der Waals surface area contributed by atoms with Gasteiger partial charge in [-0.05, 0) is 41.9 Å². The SMILES string of the molecule is O=[N+]([O-])C=C(NCCSCCc1ccsn1)NCCSCc1ncccc1Cl. The van der Waals surface area contributed by atoms with Crippen LogP contribution in [-0.2, 0) is 12.2 Å². The van der Waals surface area contributed by atoms with Crippen molar-refractivity contribution in [2.24, 2.45) is 0 Å². The molecule has 0 saturated heterocycles. The van der Waals surface area contributed by atoms with Gasteiger partial charge in [-0.1, -0.05) is 11.6 Å². The summed E-state index contributed by atoms with van der Waals surface area (Å²) in [6.45, 7) is 1.27. The smallest absolute Gasteiger partial charge is 0.274 e. The molecular formula is C17H22ClN5O2S3. The Kier molecular flexibility index (Phi) is 11.1. The quantitative estimate of drug-likeness (QED) is 0.251. The van der Waals surface area contributed by atoms with E-state index in [9.17, 15) is 10.1 Å². The van der Waals surface area contributed by atoms with E-state index < -0.39 is 4.92 Å². The maximum atomic E-state index is 10.8. The van der Waals surface area contributed by atoms with Crippen molar-refractivity contribution in [2.45, 2.75) is 12.2 Å². The van der Waals surface area contributed by atoms with Gasteiger partial charge in [-0.25, -0.2) is 0 Å². The summed E-state index contributed by atoms with van der Waals surface area (Å²) in [5, 5.41) is 19.6. The molecule has 0 atom stereocenters. The molecule has 152 valence electrons. The number of nitrogens with zero attached hydrogens (tertiary/aromatic N) is 3. The summed E-state index contributed by atoms with van der Waals surface area (Å²) in [7, 11) is 0. The molecule has 0 bridgehead atoms. The number of thioether (sulfide) groups is 2. The van der Waals surface area contributed by atoms with Crippen LogP contribution in [0.5, 0.6) is 0 Å². The van der Waals surface area contributed by atoms with Crippen LogP contribution in [-0.4, -0.2) is 44.6 Å². The molecule has 2 rings (SSSR count). The second-order valence-electron chi connectivity index (χ2n) is 5.52. The van der Waals surface area contributed by atoms with Crippen molar-refractivity contribution in [2.75, 3.05) is 30.3 Å². The molecule has 0 amide bonds. The lowest BCUT2D eigenvalue weighted by Gasteiger charge is -2.11. The molecule has 0 fully saturated rings. The van der Waals surface area contributed by atoms with Gasteiger partial charge in [0.05, 0.1) is 21.3 Å². The lowest BCUT2D eigenvalue weighted by atomic mass is 10.3. The number of hydrogen-bond donors (Lipinski definition) is 2. The summed E-state index contributed by atoms with van der Waals surface area (Å²) in [5.74, 6) is 3.78. The number of aryl methyl sites for hydroxylation is 1. The van der Waals surface area contributed by atoms with Gasteiger partial charge in [0.25, 0.3) is 6.20 Å². The lowest BCUT2D eigenvalue weighted by Crippen LogP contribution is -2.30. The number of halogens is 1. The summed E-state index contributed by atoms with van der Waals surface area (Å²) in [6.07, 6.45) is 3.64. The van der Waals surface area contributed by atoms with Crippen molar-refractivity contribution in [3.05, 3.63) is 68.3 Å². The standard InChI is InChI=1S/C17H22ClN5O2S3/c18-15-2-1-5-19-16(15)13-27-11-7-21-17(12-23(24)25)20-6-10-26-8-3-14-4-9-28-22-14/h1-2,4-5,9,12,20-21H,3,6-8,10-11,13H2. The molecule has 2 aromatic heterocycles. The van der Waals surface area contributed by atoms with Crippen molar-refractivity contribution in [1.29, 1.82) is 0 Å². The molecule has 0 aliphatic carbocycles. The van der Waals surface area contributed by atoms with Crippen LogP contribution in [0.1, 0.15) is 11.4 Å². The van der Waals surface area contributed by atoms with E-state index in [0.29, 0.717) is 29.7 Å². The first-order chi connectivity index (χ1) is 13.6. The van der Waals surface area contributed by atoms with Crippen LogP contribution in [0.4, 0.5) is 0 Å². The molecule has 0 aliphatic heterocycles. The molecule has 28 heavy (non-hydrogen) atoms. The van der Waals surface area contributed by atoms with Gasteiger partial charge < -0.3 is 10.6 Å². The molecule has 0 radical (unpaired) electrons. The van der Waals surface area contributed by atoms with Crippen molar-refractivity contribution < 1.29 is 4.92 Å². The number of nitro groups is 1. The molecule has 0 saturated carbocycles. The molecule has 7 nitrogen and oxygen atoms in total. The van der Waals surface area contributed by atoms with E-state index in [0.717, 1.165) is 41.3 Å². The number of hydrogen-bond acceptors (Lipinski definition) is 9. The topological polar surface area (TPSA) is 93.0 Å². The molecule has 0 spiro atoms. The van der Waals surface area contributed by atoms with Gasteiger partial charge in [0.1, 0.15) is 0 Å². The van der Waals surface area contributed by atoms with E-state index in [2.05, 4.69) is 20.0 Å². The summed E-state index contributed by atoms with van der Waals surface area (Å²) in [5.41, 5.74) is 1.97. The Morgan fingerprint density at radius 3 is 2.71 bits per heavy atom. The van der Waals surface area contributed by atoms with E-state index in [1.54, 1.807) is 35.8 Å². The fraction of sp³-hybridized carbons (Fsp3) is 0.412. The van der Waals surface area contributed by atoms with Crippen LogP contribution in [0.2, 0.25) is 5.02 Å². The minimum atomic E-state index is -0.453. The van der Waals surface area contributed by atoms with E-state index in [1.807, 2.05) is 17.5 Å².